The lowest BCUT2D eigenvalue weighted by Crippen LogP contribution is -2.46. The number of unbranched alkanes of at least 4 members (excludes halogenated alkanes) is 1. The molecule has 11 heteroatoms. The van der Waals surface area contributed by atoms with Crippen molar-refractivity contribution in [3.05, 3.63) is 154 Å². The normalized spacial score (nSPS) is 19.2. The van der Waals surface area contributed by atoms with E-state index in [0.717, 1.165) is 52.0 Å². The fraction of sp³-hybridized carbons (Fsp3) is 0.333. The molecule has 0 aromatic heterocycles. The van der Waals surface area contributed by atoms with E-state index >= 15 is 0 Å². The molecule has 0 aliphatic carbocycles. The minimum Gasteiger partial charge on any atom is -0.397 e. The molecule has 0 radical (unpaired) electrons. The summed E-state index contributed by atoms with van der Waals surface area (Å²) >= 11 is 6.11. The summed E-state index contributed by atoms with van der Waals surface area (Å²) in [4.78, 5) is 27.4. The molecule has 2 amide bonds. The SMILES string of the molecule is Nc1ccccc1NC(=O)CCCCC(=O)NCc1cccc(-c2cccc([C@@H]3O[C@H](CN4CCC(O)(c5ccc(Cl)cc5)CC4)C[C@H](c4ccc(CO)cc4)O3)c2)c1. The number of piperidine rings is 1. The van der Waals surface area contributed by atoms with Crippen LogP contribution in [0, 0.1) is 0 Å². The van der Waals surface area contributed by atoms with Crippen LogP contribution in [0.15, 0.2) is 121 Å². The quantitative estimate of drug-likeness (QED) is 0.0523. The Morgan fingerprint density at radius 3 is 2.20 bits per heavy atom. The van der Waals surface area contributed by atoms with Gasteiger partial charge < -0.3 is 41.0 Å². The smallest absolute Gasteiger partial charge is 0.224 e. The number of aliphatic hydroxyl groups excluding tert-OH is 1. The Kier molecular flexibility index (Phi) is 14.1. The van der Waals surface area contributed by atoms with Gasteiger partial charge in [0.2, 0.25) is 11.8 Å². The molecule has 0 unspecified atom stereocenters. The summed E-state index contributed by atoms with van der Waals surface area (Å²) < 4.78 is 13.4. The molecule has 308 valence electrons. The van der Waals surface area contributed by atoms with Gasteiger partial charge in [0.15, 0.2) is 6.29 Å². The van der Waals surface area contributed by atoms with Crippen molar-refractivity contribution in [2.24, 2.45) is 0 Å². The van der Waals surface area contributed by atoms with E-state index in [1.54, 1.807) is 12.1 Å². The number of hydrogen-bond donors (Lipinski definition) is 5. The van der Waals surface area contributed by atoms with E-state index < -0.39 is 11.9 Å². The molecule has 5 aromatic rings. The number of nitrogens with two attached hydrogens (primary N) is 1. The fourth-order valence-electron chi connectivity index (χ4n) is 7.88. The maximum Gasteiger partial charge on any atom is 0.224 e. The molecule has 59 heavy (non-hydrogen) atoms. The first-order valence-electron chi connectivity index (χ1n) is 20.5. The van der Waals surface area contributed by atoms with Gasteiger partial charge in [0.25, 0.3) is 0 Å². The van der Waals surface area contributed by atoms with E-state index in [9.17, 15) is 19.8 Å². The van der Waals surface area contributed by atoms with Gasteiger partial charge in [-0.1, -0.05) is 96.5 Å². The number of likely N-dealkylation sites (tertiary alicyclic amines) is 1. The summed E-state index contributed by atoms with van der Waals surface area (Å²) in [6.45, 7) is 2.54. The van der Waals surface area contributed by atoms with Crippen LogP contribution in [0.1, 0.15) is 85.2 Å². The number of para-hydroxylation sites is 2. The third-order valence-corrected chi connectivity index (χ3v) is 11.6. The number of nitrogen functional groups attached to an aromatic ring is 1. The first-order valence-corrected chi connectivity index (χ1v) is 20.8. The summed E-state index contributed by atoms with van der Waals surface area (Å²) in [5, 5.41) is 27.7. The van der Waals surface area contributed by atoms with Crippen molar-refractivity contribution in [1.29, 1.82) is 0 Å². The first kappa shape index (κ1) is 42.1. The lowest BCUT2D eigenvalue weighted by molar-refractivity contribution is -0.253. The van der Waals surface area contributed by atoms with E-state index in [1.807, 2.05) is 84.9 Å². The molecule has 0 bridgehead atoms. The number of hydrogen-bond acceptors (Lipinski definition) is 8. The van der Waals surface area contributed by atoms with E-state index in [2.05, 4.69) is 39.8 Å². The van der Waals surface area contributed by atoms with Gasteiger partial charge in [-0.05, 0) is 95.5 Å². The number of amides is 2. The number of ether oxygens (including phenoxy) is 2. The van der Waals surface area contributed by atoms with Crippen LogP contribution in [0.25, 0.3) is 11.1 Å². The highest BCUT2D eigenvalue weighted by molar-refractivity contribution is 6.30. The van der Waals surface area contributed by atoms with Gasteiger partial charge in [-0.15, -0.1) is 0 Å². The van der Waals surface area contributed by atoms with E-state index in [1.165, 1.54) is 0 Å². The molecule has 3 atom stereocenters. The Morgan fingerprint density at radius 2 is 1.47 bits per heavy atom. The Bertz CT molecular complexity index is 2170. The van der Waals surface area contributed by atoms with Gasteiger partial charge >= 0.3 is 0 Å². The van der Waals surface area contributed by atoms with Crippen LogP contribution in [0.5, 0.6) is 0 Å². The third-order valence-electron chi connectivity index (χ3n) is 11.3. The van der Waals surface area contributed by atoms with Crippen LogP contribution in [-0.4, -0.2) is 52.7 Å². The van der Waals surface area contributed by atoms with Gasteiger partial charge in [0, 0.05) is 56.0 Å². The van der Waals surface area contributed by atoms with Crippen molar-refractivity contribution < 1.29 is 29.3 Å². The molecule has 7 rings (SSSR count). The van der Waals surface area contributed by atoms with Gasteiger partial charge in [0.1, 0.15) is 0 Å². The minimum absolute atomic E-state index is 0.0220. The molecule has 2 heterocycles. The number of carbonyl (C=O) groups excluding carboxylic acids is 2. The standard InChI is InChI=1S/C48H53ClN4O6/c49-40-21-19-39(20-22-40)48(57)23-25-53(26-24-48)31-41-29-44(35-17-15-33(32-54)16-18-35)59-47(58-41)38-10-6-9-37(28-38)36-8-5-7-34(27-36)30-51-45(55)13-3-4-14-46(56)52-43-12-2-1-11-42(43)50/h1-2,5-12,15-22,27-28,41,44,47,54,57H,3-4,13-14,23-26,29-32,50H2,(H,51,55)(H,52,56)/t41-,44+,47+/m0/s1. The number of nitrogens with one attached hydrogen (secondary N) is 2. The molecule has 2 fully saturated rings. The maximum absolute atomic E-state index is 12.7. The summed E-state index contributed by atoms with van der Waals surface area (Å²) in [5.41, 5.74) is 12.8. The number of benzene rings is 5. The lowest BCUT2D eigenvalue weighted by atomic mass is 9.84. The largest absolute Gasteiger partial charge is 0.397 e. The van der Waals surface area contributed by atoms with Crippen LogP contribution >= 0.6 is 11.6 Å². The van der Waals surface area contributed by atoms with E-state index in [4.69, 9.17) is 26.8 Å². The predicted molar refractivity (Wildman–Crippen MR) is 231 cm³/mol. The molecule has 2 aliphatic rings. The van der Waals surface area contributed by atoms with Crippen LogP contribution in [0.2, 0.25) is 5.02 Å². The number of aliphatic hydroxyl groups is 2. The third kappa shape index (κ3) is 11.4. The van der Waals surface area contributed by atoms with E-state index in [-0.39, 0.29) is 30.6 Å². The average molecular weight is 817 g/mol. The van der Waals surface area contributed by atoms with Gasteiger partial charge in [-0.25, -0.2) is 0 Å². The second-order valence-electron chi connectivity index (χ2n) is 15.6. The first-order chi connectivity index (χ1) is 28.6. The second-order valence-corrected chi connectivity index (χ2v) is 16.1. The van der Waals surface area contributed by atoms with Gasteiger partial charge in [-0.2, -0.15) is 0 Å². The second kappa shape index (κ2) is 19.8. The molecule has 2 saturated heterocycles. The van der Waals surface area contributed by atoms with Crippen molar-refractivity contribution >= 4 is 34.8 Å². The number of carbonyl (C=O) groups is 2. The Morgan fingerprint density at radius 1 is 0.780 bits per heavy atom. The monoisotopic (exact) mass is 816 g/mol. The zero-order valence-electron chi connectivity index (χ0n) is 33.2. The average Bonchev–Trinajstić information content (AvgIpc) is 3.26. The van der Waals surface area contributed by atoms with Crippen LogP contribution < -0.4 is 16.4 Å². The van der Waals surface area contributed by atoms with E-state index in [0.29, 0.717) is 74.4 Å². The summed E-state index contributed by atoms with van der Waals surface area (Å²) in [6.07, 6.45) is 2.78. The van der Waals surface area contributed by atoms with Gasteiger partial charge in [0.05, 0.1) is 35.8 Å². The molecular formula is C48H53ClN4O6. The number of rotatable bonds is 15. The van der Waals surface area contributed by atoms with Crippen molar-refractivity contribution in [1.82, 2.24) is 10.2 Å². The fourth-order valence-corrected chi connectivity index (χ4v) is 8.01. The van der Waals surface area contributed by atoms with Crippen LogP contribution in [-0.2, 0) is 37.8 Å². The lowest BCUT2D eigenvalue weighted by Gasteiger charge is -2.42. The highest BCUT2D eigenvalue weighted by Gasteiger charge is 2.37. The predicted octanol–water partition coefficient (Wildman–Crippen LogP) is 8.43. The maximum atomic E-state index is 12.7. The Balaban J connectivity index is 0.960. The molecular weight excluding hydrogens is 764 g/mol. The topological polar surface area (TPSA) is 146 Å². The molecule has 6 N–H and O–H groups in total. The Labute approximate surface area is 351 Å². The zero-order valence-corrected chi connectivity index (χ0v) is 34.0. The molecule has 0 spiro atoms. The summed E-state index contributed by atoms with van der Waals surface area (Å²) in [6, 6.07) is 38.9. The highest BCUT2D eigenvalue weighted by Crippen LogP contribution is 2.40. The van der Waals surface area contributed by atoms with Crippen LogP contribution in [0.4, 0.5) is 11.4 Å². The van der Waals surface area contributed by atoms with Crippen molar-refractivity contribution in [2.75, 3.05) is 30.7 Å². The summed E-state index contributed by atoms with van der Waals surface area (Å²) in [5.74, 6) is -0.185. The zero-order chi connectivity index (χ0) is 41.2. The van der Waals surface area contributed by atoms with Crippen molar-refractivity contribution in [3.8, 4) is 11.1 Å². The highest BCUT2D eigenvalue weighted by atomic mass is 35.5. The minimum atomic E-state index is -0.888. The summed E-state index contributed by atoms with van der Waals surface area (Å²) in [7, 11) is 0. The van der Waals surface area contributed by atoms with Crippen LogP contribution in [0.3, 0.4) is 0 Å². The number of nitrogens with zero attached hydrogens (tertiary/aromatic N) is 1. The van der Waals surface area contributed by atoms with Crippen molar-refractivity contribution in [2.45, 2.75) is 82.2 Å². The molecule has 10 nitrogen and oxygen atoms in total. The number of halogens is 1. The molecule has 0 saturated carbocycles. The molecule has 5 aromatic carbocycles. The van der Waals surface area contributed by atoms with Gasteiger partial charge in [-0.3, -0.25) is 9.59 Å². The Hall–Kier alpha value is -5.07. The number of anilines is 2. The van der Waals surface area contributed by atoms with Crippen molar-refractivity contribution in [3.63, 3.8) is 0 Å². The molecule has 2 aliphatic heterocycles.